The smallest absolute Gasteiger partial charge is 0.261 e. The number of hydrogen-bond donors (Lipinski definition) is 0. The number of ether oxygens (including phenoxy) is 1. The highest BCUT2D eigenvalue weighted by molar-refractivity contribution is 5.79. The Morgan fingerprint density at radius 2 is 1.81 bits per heavy atom. The van der Waals surface area contributed by atoms with Gasteiger partial charge in [0.2, 0.25) is 0 Å². The van der Waals surface area contributed by atoms with E-state index in [-0.39, 0.29) is 24.1 Å². The molecule has 0 spiro atoms. The highest BCUT2D eigenvalue weighted by atomic mass is 16.5. The zero-order chi connectivity index (χ0) is 19.4. The van der Waals surface area contributed by atoms with Gasteiger partial charge < -0.3 is 9.64 Å². The SMILES string of the molecule is CCC(c1nc2ccccc2c(=O)n1C)N(C)C(=O)COc1ccccc1. The summed E-state index contributed by atoms with van der Waals surface area (Å²) in [7, 11) is 3.41. The Bertz CT molecular complexity index is 998. The lowest BCUT2D eigenvalue weighted by Gasteiger charge is -2.28. The van der Waals surface area contributed by atoms with E-state index in [1.165, 1.54) is 4.57 Å². The number of fused-ring (bicyclic) bond motifs is 1. The van der Waals surface area contributed by atoms with Gasteiger partial charge in [-0.1, -0.05) is 37.3 Å². The lowest BCUT2D eigenvalue weighted by Crippen LogP contribution is -2.38. The second-order valence-electron chi connectivity index (χ2n) is 6.38. The summed E-state index contributed by atoms with van der Waals surface area (Å²) in [6.07, 6.45) is 0.631. The maximum atomic E-state index is 12.7. The highest BCUT2D eigenvalue weighted by Crippen LogP contribution is 2.22. The van der Waals surface area contributed by atoms with E-state index in [1.807, 2.05) is 43.3 Å². The van der Waals surface area contributed by atoms with Gasteiger partial charge in [-0.15, -0.1) is 0 Å². The van der Waals surface area contributed by atoms with Crippen LogP contribution in [-0.2, 0) is 11.8 Å². The minimum absolute atomic E-state index is 0.0709. The Morgan fingerprint density at radius 1 is 1.15 bits per heavy atom. The van der Waals surface area contributed by atoms with Gasteiger partial charge in [0.15, 0.2) is 6.61 Å². The first kappa shape index (κ1) is 18.6. The van der Waals surface area contributed by atoms with Gasteiger partial charge in [-0.05, 0) is 30.7 Å². The molecule has 0 N–H and O–H groups in total. The topological polar surface area (TPSA) is 64.4 Å². The van der Waals surface area contributed by atoms with Crippen molar-refractivity contribution in [1.29, 1.82) is 0 Å². The second kappa shape index (κ2) is 8.03. The predicted octanol–water partition coefficient (Wildman–Crippen LogP) is 2.92. The Labute approximate surface area is 158 Å². The van der Waals surface area contributed by atoms with Crippen molar-refractivity contribution in [3.63, 3.8) is 0 Å². The molecule has 0 saturated carbocycles. The molecule has 1 amide bonds. The van der Waals surface area contributed by atoms with Gasteiger partial charge in [-0.2, -0.15) is 0 Å². The second-order valence-corrected chi connectivity index (χ2v) is 6.38. The van der Waals surface area contributed by atoms with Crippen molar-refractivity contribution in [2.45, 2.75) is 19.4 Å². The average molecular weight is 365 g/mol. The first-order valence-corrected chi connectivity index (χ1v) is 8.92. The number of para-hydroxylation sites is 2. The lowest BCUT2D eigenvalue weighted by atomic mass is 10.1. The van der Waals surface area contributed by atoms with Crippen LogP contribution in [0.4, 0.5) is 0 Å². The fourth-order valence-electron chi connectivity index (χ4n) is 3.10. The first-order chi connectivity index (χ1) is 13.0. The van der Waals surface area contributed by atoms with Crippen molar-refractivity contribution in [1.82, 2.24) is 14.5 Å². The van der Waals surface area contributed by atoms with Gasteiger partial charge in [0.25, 0.3) is 11.5 Å². The number of benzene rings is 2. The van der Waals surface area contributed by atoms with Crippen molar-refractivity contribution >= 4 is 16.8 Å². The number of carbonyl (C=O) groups excluding carboxylic acids is 1. The molecule has 1 aromatic heterocycles. The third kappa shape index (κ3) is 3.84. The maximum Gasteiger partial charge on any atom is 0.261 e. The van der Waals surface area contributed by atoms with Gasteiger partial charge in [0.05, 0.1) is 16.9 Å². The fourth-order valence-corrected chi connectivity index (χ4v) is 3.10. The quantitative estimate of drug-likeness (QED) is 0.674. The van der Waals surface area contributed by atoms with Gasteiger partial charge in [0, 0.05) is 14.1 Å². The molecule has 3 rings (SSSR count). The fraction of sp³-hybridized carbons (Fsp3) is 0.286. The summed E-state index contributed by atoms with van der Waals surface area (Å²) in [4.78, 5) is 31.6. The number of nitrogens with zero attached hydrogens (tertiary/aromatic N) is 3. The van der Waals surface area contributed by atoms with Crippen LogP contribution in [-0.4, -0.2) is 34.0 Å². The van der Waals surface area contributed by atoms with E-state index in [2.05, 4.69) is 4.98 Å². The minimum atomic E-state index is -0.320. The average Bonchev–Trinajstić information content (AvgIpc) is 2.71. The highest BCUT2D eigenvalue weighted by Gasteiger charge is 2.25. The van der Waals surface area contributed by atoms with E-state index in [0.717, 1.165) is 0 Å². The normalized spacial score (nSPS) is 12.0. The van der Waals surface area contributed by atoms with Crippen LogP contribution in [0.15, 0.2) is 59.4 Å². The van der Waals surface area contributed by atoms with Crippen LogP contribution in [0.25, 0.3) is 10.9 Å². The molecule has 0 saturated heterocycles. The molecule has 6 nitrogen and oxygen atoms in total. The maximum absolute atomic E-state index is 12.7. The van der Waals surface area contributed by atoms with Crippen molar-refractivity contribution in [2.24, 2.45) is 7.05 Å². The van der Waals surface area contributed by atoms with Crippen molar-refractivity contribution in [3.05, 3.63) is 70.8 Å². The predicted molar refractivity (Wildman–Crippen MR) is 105 cm³/mol. The molecule has 2 aromatic carbocycles. The number of carbonyl (C=O) groups is 1. The summed E-state index contributed by atoms with van der Waals surface area (Å²) < 4.78 is 7.09. The monoisotopic (exact) mass is 365 g/mol. The molecule has 1 unspecified atom stereocenters. The molecule has 0 radical (unpaired) electrons. The van der Waals surface area contributed by atoms with E-state index in [9.17, 15) is 9.59 Å². The molecule has 0 aliphatic carbocycles. The Morgan fingerprint density at radius 3 is 2.52 bits per heavy atom. The molecule has 27 heavy (non-hydrogen) atoms. The van der Waals surface area contributed by atoms with Crippen LogP contribution in [0.2, 0.25) is 0 Å². The van der Waals surface area contributed by atoms with Crippen LogP contribution in [0.1, 0.15) is 25.2 Å². The molecular formula is C21H23N3O3. The van der Waals surface area contributed by atoms with E-state index >= 15 is 0 Å². The van der Waals surface area contributed by atoms with E-state index in [0.29, 0.717) is 28.9 Å². The molecule has 1 heterocycles. The van der Waals surface area contributed by atoms with E-state index < -0.39 is 0 Å². The summed E-state index contributed by atoms with van der Waals surface area (Å²) >= 11 is 0. The largest absolute Gasteiger partial charge is 0.484 e. The van der Waals surface area contributed by atoms with Crippen LogP contribution < -0.4 is 10.3 Å². The number of likely N-dealkylation sites (N-methyl/N-ethyl adjacent to an activating group) is 1. The number of amides is 1. The van der Waals surface area contributed by atoms with E-state index in [4.69, 9.17) is 4.74 Å². The van der Waals surface area contributed by atoms with Gasteiger partial charge >= 0.3 is 0 Å². The summed E-state index contributed by atoms with van der Waals surface area (Å²) in [5.74, 6) is 1.04. The van der Waals surface area contributed by atoms with Crippen LogP contribution in [0.3, 0.4) is 0 Å². The van der Waals surface area contributed by atoms with Crippen molar-refractivity contribution < 1.29 is 9.53 Å². The Kier molecular flexibility index (Phi) is 5.54. The van der Waals surface area contributed by atoms with Crippen LogP contribution in [0.5, 0.6) is 5.75 Å². The summed E-state index contributed by atoms with van der Waals surface area (Å²) in [6, 6.07) is 16.1. The number of rotatable bonds is 6. The summed E-state index contributed by atoms with van der Waals surface area (Å²) in [5.41, 5.74) is 0.519. The zero-order valence-corrected chi connectivity index (χ0v) is 15.8. The standard InChI is InChI=1S/C21H23N3O3/c1-4-18(23(2)19(25)14-27-15-10-6-5-7-11-15)20-22-17-13-9-8-12-16(17)21(26)24(20)3/h5-13,18H,4,14H2,1-3H3. The van der Waals surface area contributed by atoms with Gasteiger partial charge in [-0.3, -0.25) is 14.2 Å². The Hall–Kier alpha value is -3.15. The Balaban J connectivity index is 1.85. The zero-order valence-electron chi connectivity index (χ0n) is 15.8. The molecule has 0 bridgehead atoms. The number of hydrogen-bond acceptors (Lipinski definition) is 4. The van der Waals surface area contributed by atoms with Crippen LogP contribution >= 0.6 is 0 Å². The molecule has 6 heteroatoms. The molecule has 3 aromatic rings. The third-order valence-corrected chi connectivity index (χ3v) is 4.67. The minimum Gasteiger partial charge on any atom is -0.484 e. The molecule has 1 atom stereocenters. The van der Waals surface area contributed by atoms with Crippen molar-refractivity contribution in [3.8, 4) is 5.75 Å². The molecule has 0 fully saturated rings. The first-order valence-electron chi connectivity index (χ1n) is 8.92. The summed E-state index contributed by atoms with van der Waals surface area (Å²) in [6.45, 7) is 1.90. The van der Waals surface area contributed by atoms with Crippen LogP contribution in [0, 0.1) is 0 Å². The van der Waals surface area contributed by atoms with Gasteiger partial charge in [-0.25, -0.2) is 4.98 Å². The molecule has 0 aliphatic heterocycles. The lowest BCUT2D eigenvalue weighted by molar-refractivity contribution is -0.134. The molecule has 140 valence electrons. The molecule has 0 aliphatic rings. The third-order valence-electron chi connectivity index (χ3n) is 4.67. The van der Waals surface area contributed by atoms with Crippen molar-refractivity contribution in [2.75, 3.05) is 13.7 Å². The number of aromatic nitrogens is 2. The van der Waals surface area contributed by atoms with E-state index in [1.54, 1.807) is 37.2 Å². The molecular weight excluding hydrogens is 342 g/mol. The van der Waals surface area contributed by atoms with Gasteiger partial charge in [0.1, 0.15) is 11.6 Å². The summed E-state index contributed by atoms with van der Waals surface area (Å²) in [5, 5.41) is 0.569.